The summed E-state index contributed by atoms with van der Waals surface area (Å²) < 4.78 is 0. The van der Waals surface area contributed by atoms with E-state index in [1.165, 1.54) is 29.2 Å². The van der Waals surface area contributed by atoms with Crippen LogP contribution in [0.25, 0.3) is 10.8 Å². The molecule has 0 radical (unpaired) electrons. The van der Waals surface area contributed by atoms with E-state index in [9.17, 15) is 0 Å². The van der Waals surface area contributed by atoms with Crippen LogP contribution in [-0.2, 0) is 0 Å². The first-order valence-electron chi connectivity index (χ1n) is 5.98. The number of unbranched alkanes of at least 4 members (excludes halogenated alkanes) is 1. The van der Waals surface area contributed by atoms with Crippen molar-refractivity contribution in [3.05, 3.63) is 48.0 Å². The predicted octanol–water partition coefficient (Wildman–Crippen LogP) is 5.00. The molecule has 2 rings (SSSR count). The van der Waals surface area contributed by atoms with Gasteiger partial charge >= 0.3 is 0 Å². The Balaban J connectivity index is 2.36. The number of fused-ring (bicyclic) bond motifs is 1. The number of hydrogen-bond donors (Lipinski definition) is 1. The second-order valence-corrected chi connectivity index (χ2v) is 4.85. The van der Waals surface area contributed by atoms with E-state index in [1.54, 1.807) is 0 Å². The lowest BCUT2D eigenvalue weighted by molar-refractivity contribution is 0.711. The van der Waals surface area contributed by atoms with Gasteiger partial charge in [-0.3, -0.25) is 0 Å². The smallest absolute Gasteiger partial charge is 0.0273 e. The van der Waals surface area contributed by atoms with E-state index < -0.39 is 0 Å². The Hall–Kier alpha value is -0.950. The van der Waals surface area contributed by atoms with Gasteiger partial charge in [-0.1, -0.05) is 62.2 Å². The van der Waals surface area contributed by atoms with E-state index in [-0.39, 0.29) is 0 Å². The zero-order chi connectivity index (χ0) is 11.4. The molecular weight excluding hydrogens is 212 g/mol. The minimum atomic E-state index is 0.367. The molecule has 0 nitrogen and oxygen atoms in total. The summed E-state index contributed by atoms with van der Waals surface area (Å²) >= 11 is 4.73. The highest BCUT2D eigenvalue weighted by molar-refractivity contribution is 7.80. The van der Waals surface area contributed by atoms with Gasteiger partial charge in [0.05, 0.1) is 0 Å². The monoisotopic (exact) mass is 230 g/mol. The van der Waals surface area contributed by atoms with Crippen molar-refractivity contribution in [2.45, 2.75) is 31.4 Å². The quantitative estimate of drug-likeness (QED) is 0.702. The van der Waals surface area contributed by atoms with Crippen LogP contribution in [0.5, 0.6) is 0 Å². The van der Waals surface area contributed by atoms with Crippen molar-refractivity contribution < 1.29 is 0 Å². The Morgan fingerprint density at radius 3 is 2.62 bits per heavy atom. The molecule has 0 amide bonds. The number of rotatable bonds is 4. The Bertz CT molecular complexity index is 456. The minimum absolute atomic E-state index is 0.367. The molecule has 0 N–H and O–H groups in total. The molecule has 0 aliphatic rings. The molecule has 0 spiro atoms. The maximum atomic E-state index is 4.73. The van der Waals surface area contributed by atoms with E-state index >= 15 is 0 Å². The average molecular weight is 230 g/mol. The Kier molecular flexibility index (Phi) is 3.89. The van der Waals surface area contributed by atoms with Gasteiger partial charge in [0.2, 0.25) is 0 Å². The first kappa shape index (κ1) is 11.5. The topological polar surface area (TPSA) is 0 Å². The summed E-state index contributed by atoms with van der Waals surface area (Å²) in [6.07, 6.45) is 3.65. The molecule has 0 heterocycles. The van der Waals surface area contributed by atoms with Crippen molar-refractivity contribution in [1.29, 1.82) is 0 Å². The third-order valence-electron chi connectivity index (χ3n) is 3.01. The zero-order valence-corrected chi connectivity index (χ0v) is 10.6. The lowest BCUT2D eigenvalue weighted by atomic mass is 9.99. The van der Waals surface area contributed by atoms with Gasteiger partial charge in [0.1, 0.15) is 0 Å². The average Bonchev–Trinajstić information content (AvgIpc) is 2.35. The standard InChI is InChI=1S/C15H18S/c1-2-3-11-15(16)14-10-6-8-12-7-4-5-9-13(12)14/h4-10,15-16H,2-3,11H2,1H3. The lowest BCUT2D eigenvalue weighted by Crippen LogP contribution is -1.92. The largest absolute Gasteiger partial charge is 0.171 e. The SMILES string of the molecule is CCCCC(S)c1cccc2ccccc12. The van der Waals surface area contributed by atoms with Crippen molar-refractivity contribution >= 4 is 23.4 Å². The Morgan fingerprint density at radius 2 is 1.81 bits per heavy atom. The Morgan fingerprint density at radius 1 is 1.06 bits per heavy atom. The summed E-state index contributed by atoms with van der Waals surface area (Å²) in [4.78, 5) is 0. The van der Waals surface area contributed by atoms with E-state index in [1.807, 2.05) is 0 Å². The first-order chi connectivity index (χ1) is 7.83. The molecule has 2 aromatic carbocycles. The van der Waals surface area contributed by atoms with Gasteiger partial charge in [0.15, 0.2) is 0 Å². The van der Waals surface area contributed by atoms with E-state index in [4.69, 9.17) is 12.6 Å². The van der Waals surface area contributed by atoms with Crippen LogP contribution in [0.2, 0.25) is 0 Å². The van der Waals surface area contributed by atoms with Crippen LogP contribution in [0.1, 0.15) is 37.0 Å². The molecular formula is C15H18S. The maximum Gasteiger partial charge on any atom is 0.0273 e. The van der Waals surface area contributed by atoms with E-state index in [0.717, 1.165) is 6.42 Å². The fraction of sp³-hybridized carbons (Fsp3) is 0.333. The molecule has 16 heavy (non-hydrogen) atoms. The highest BCUT2D eigenvalue weighted by Crippen LogP contribution is 2.31. The highest BCUT2D eigenvalue weighted by atomic mass is 32.1. The van der Waals surface area contributed by atoms with E-state index in [2.05, 4.69) is 49.4 Å². The molecule has 0 aromatic heterocycles. The van der Waals surface area contributed by atoms with Crippen molar-refractivity contribution in [2.24, 2.45) is 0 Å². The molecule has 1 unspecified atom stereocenters. The van der Waals surface area contributed by atoms with Crippen molar-refractivity contribution in [2.75, 3.05) is 0 Å². The number of benzene rings is 2. The number of thiol groups is 1. The molecule has 0 aliphatic carbocycles. The lowest BCUT2D eigenvalue weighted by Gasteiger charge is -2.13. The molecule has 0 bridgehead atoms. The third-order valence-corrected chi connectivity index (χ3v) is 3.55. The summed E-state index contributed by atoms with van der Waals surface area (Å²) in [6.45, 7) is 2.23. The summed E-state index contributed by atoms with van der Waals surface area (Å²) in [5.41, 5.74) is 1.37. The molecule has 1 atom stereocenters. The van der Waals surface area contributed by atoms with Crippen LogP contribution < -0.4 is 0 Å². The van der Waals surface area contributed by atoms with Crippen molar-refractivity contribution in [3.8, 4) is 0 Å². The summed E-state index contributed by atoms with van der Waals surface area (Å²) in [5, 5.41) is 3.03. The fourth-order valence-corrected chi connectivity index (χ4v) is 2.50. The molecule has 2 aromatic rings. The van der Waals surface area contributed by atoms with Gasteiger partial charge in [-0.2, -0.15) is 12.6 Å². The summed E-state index contributed by atoms with van der Waals surface area (Å²) in [7, 11) is 0. The maximum absolute atomic E-state index is 4.73. The van der Waals surface area contributed by atoms with Crippen molar-refractivity contribution in [1.82, 2.24) is 0 Å². The third kappa shape index (κ3) is 2.41. The molecule has 0 aliphatic heterocycles. The summed E-state index contributed by atoms with van der Waals surface area (Å²) in [6, 6.07) is 15.1. The van der Waals surface area contributed by atoms with Crippen LogP contribution in [0.3, 0.4) is 0 Å². The predicted molar refractivity (Wildman–Crippen MR) is 75.2 cm³/mol. The number of hydrogen-bond acceptors (Lipinski definition) is 1. The zero-order valence-electron chi connectivity index (χ0n) is 9.69. The fourth-order valence-electron chi connectivity index (χ4n) is 2.09. The molecule has 0 saturated carbocycles. The molecule has 0 fully saturated rings. The van der Waals surface area contributed by atoms with E-state index in [0.29, 0.717) is 5.25 Å². The first-order valence-corrected chi connectivity index (χ1v) is 6.50. The molecule has 1 heteroatoms. The van der Waals surface area contributed by atoms with Crippen LogP contribution in [0, 0.1) is 0 Å². The molecule has 84 valence electrons. The minimum Gasteiger partial charge on any atom is -0.171 e. The second kappa shape index (κ2) is 5.40. The van der Waals surface area contributed by atoms with Gasteiger partial charge in [-0.25, -0.2) is 0 Å². The van der Waals surface area contributed by atoms with Crippen LogP contribution in [0.15, 0.2) is 42.5 Å². The van der Waals surface area contributed by atoms with Crippen LogP contribution in [0.4, 0.5) is 0 Å². The van der Waals surface area contributed by atoms with Gasteiger partial charge in [0, 0.05) is 5.25 Å². The van der Waals surface area contributed by atoms with Gasteiger partial charge in [-0.15, -0.1) is 0 Å². The van der Waals surface area contributed by atoms with Gasteiger partial charge in [-0.05, 0) is 22.8 Å². The van der Waals surface area contributed by atoms with Crippen LogP contribution in [-0.4, -0.2) is 0 Å². The van der Waals surface area contributed by atoms with Crippen LogP contribution >= 0.6 is 12.6 Å². The second-order valence-electron chi connectivity index (χ2n) is 4.23. The normalized spacial score (nSPS) is 12.9. The van der Waals surface area contributed by atoms with Crippen molar-refractivity contribution in [3.63, 3.8) is 0 Å². The van der Waals surface area contributed by atoms with Gasteiger partial charge < -0.3 is 0 Å². The Labute approximate surface area is 103 Å². The summed E-state index contributed by atoms with van der Waals surface area (Å²) in [5.74, 6) is 0. The molecule has 0 saturated heterocycles. The van der Waals surface area contributed by atoms with Gasteiger partial charge in [0.25, 0.3) is 0 Å². The highest BCUT2D eigenvalue weighted by Gasteiger charge is 2.08.